The van der Waals surface area contributed by atoms with Crippen LogP contribution in [0.5, 0.6) is 0 Å². The number of nitrogens with one attached hydrogen (secondary N) is 2. The number of piperidine rings is 1. The number of fused-ring (bicyclic) bond motifs is 1. The van der Waals surface area contributed by atoms with Crippen LogP contribution in [0.3, 0.4) is 0 Å². The fourth-order valence-electron chi connectivity index (χ4n) is 4.20. The lowest BCUT2D eigenvalue weighted by atomic mass is 9.98. The largest absolute Gasteiger partial charge is 0.355 e. The van der Waals surface area contributed by atoms with E-state index in [0.29, 0.717) is 12.1 Å². The molecule has 140 valence electrons. The first-order chi connectivity index (χ1) is 13.3. The number of hydrogen-bond acceptors (Lipinski definition) is 6. The van der Waals surface area contributed by atoms with E-state index in [1.807, 2.05) is 12.3 Å². The van der Waals surface area contributed by atoms with Crippen molar-refractivity contribution in [3.8, 4) is 0 Å². The molecule has 1 aliphatic carbocycles. The molecule has 0 aromatic carbocycles. The molecule has 1 saturated carbocycles. The molecule has 7 heteroatoms. The van der Waals surface area contributed by atoms with Crippen LogP contribution in [-0.4, -0.2) is 44.1 Å². The molecule has 3 aromatic heterocycles. The van der Waals surface area contributed by atoms with Gasteiger partial charge >= 0.3 is 0 Å². The zero-order valence-electron chi connectivity index (χ0n) is 15.6. The van der Waals surface area contributed by atoms with Crippen LogP contribution in [0.4, 0.5) is 5.82 Å². The van der Waals surface area contributed by atoms with Crippen molar-refractivity contribution >= 4 is 17.0 Å². The third-order valence-corrected chi connectivity index (χ3v) is 5.85. The van der Waals surface area contributed by atoms with Gasteiger partial charge in [-0.1, -0.05) is 6.07 Å². The number of anilines is 1. The van der Waals surface area contributed by atoms with E-state index in [-0.39, 0.29) is 0 Å². The fourth-order valence-corrected chi connectivity index (χ4v) is 4.20. The fraction of sp³-hybridized carbons (Fsp3) is 0.500. The molecule has 1 aliphatic heterocycles. The van der Waals surface area contributed by atoms with E-state index in [4.69, 9.17) is 4.98 Å². The number of imidazole rings is 1. The Morgan fingerprint density at radius 1 is 1.11 bits per heavy atom. The summed E-state index contributed by atoms with van der Waals surface area (Å²) in [5, 5.41) is 3.94. The number of aryl methyl sites for hydroxylation is 1. The van der Waals surface area contributed by atoms with Gasteiger partial charge in [-0.05, 0) is 50.2 Å². The molecule has 1 saturated heterocycles. The molecular weight excluding hydrogens is 338 g/mol. The normalized spacial score (nSPS) is 19.5. The summed E-state index contributed by atoms with van der Waals surface area (Å²) in [6, 6.07) is 5.11. The molecule has 0 unspecified atom stereocenters. The van der Waals surface area contributed by atoms with Crippen LogP contribution in [0.1, 0.15) is 43.0 Å². The maximum atomic E-state index is 4.70. The summed E-state index contributed by atoms with van der Waals surface area (Å²) in [5.74, 6) is 1.71. The van der Waals surface area contributed by atoms with Gasteiger partial charge in [-0.25, -0.2) is 15.0 Å². The minimum absolute atomic E-state index is 0.390. The topological polar surface area (TPSA) is 82.6 Å². The number of pyridine rings is 1. The standard InChI is InChI=1S/C20H25N7/c1-13-3-2-8-21-16(13)17(14-4-5-14)26-15-6-9-27(10-7-15)20-18-19(23-11-22-18)24-12-25-20/h2-3,8,11-12,14-15,17,26H,4-7,9-10H2,1H3,(H,22,23,24,25)/t17-/m0/s1. The minimum Gasteiger partial charge on any atom is -0.355 e. The van der Waals surface area contributed by atoms with Gasteiger partial charge in [-0.15, -0.1) is 0 Å². The van der Waals surface area contributed by atoms with Crippen LogP contribution >= 0.6 is 0 Å². The molecule has 5 rings (SSSR count). The Bertz CT molecular complexity index is 925. The van der Waals surface area contributed by atoms with Crippen LogP contribution in [0.25, 0.3) is 11.2 Å². The van der Waals surface area contributed by atoms with E-state index in [1.54, 1.807) is 12.7 Å². The summed E-state index contributed by atoms with van der Waals surface area (Å²) in [5.41, 5.74) is 4.20. The predicted octanol–water partition coefficient (Wildman–Crippen LogP) is 2.77. The Kier molecular flexibility index (Phi) is 4.24. The summed E-state index contributed by atoms with van der Waals surface area (Å²) in [6.45, 7) is 4.15. The van der Waals surface area contributed by atoms with Gasteiger partial charge in [0.15, 0.2) is 11.5 Å². The molecule has 0 amide bonds. The lowest BCUT2D eigenvalue weighted by Gasteiger charge is -2.35. The maximum absolute atomic E-state index is 4.70. The minimum atomic E-state index is 0.390. The lowest BCUT2D eigenvalue weighted by molar-refractivity contribution is 0.344. The van der Waals surface area contributed by atoms with Crippen LogP contribution in [0.15, 0.2) is 31.0 Å². The predicted molar refractivity (Wildman–Crippen MR) is 104 cm³/mol. The van der Waals surface area contributed by atoms with Crippen molar-refractivity contribution in [1.82, 2.24) is 30.2 Å². The van der Waals surface area contributed by atoms with Crippen LogP contribution in [-0.2, 0) is 0 Å². The molecule has 3 aromatic rings. The van der Waals surface area contributed by atoms with E-state index in [9.17, 15) is 0 Å². The number of rotatable bonds is 5. The van der Waals surface area contributed by atoms with Gasteiger partial charge < -0.3 is 15.2 Å². The quantitative estimate of drug-likeness (QED) is 0.725. The number of hydrogen-bond donors (Lipinski definition) is 2. The molecular formula is C20H25N7. The monoisotopic (exact) mass is 363 g/mol. The highest BCUT2D eigenvalue weighted by Crippen LogP contribution is 2.42. The first-order valence-corrected chi connectivity index (χ1v) is 9.86. The van der Waals surface area contributed by atoms with Gasteiger partial charge in [0, 0.05) is 25.3 Å². The van der Waals surface area contributed by atoms with E-state index in [0.717, 1.165) is 48.8 Å². The van der Waals surface area contributed by atoms with Crippen molar-refractivity contribution in [2.45, 2.75) is 44.7 Å². The Morgan fingerprint density at radius 2 is 1.96 bits per heavy atom. The highest BCUT2D eigenvalue weighted by atomic mass is 15.2. The van der Waals surface area contributed by atoms with E-state index in [2.05, 4.69) is 43.1 Å². The molecule has 27 heavy (non-hydrogen) atoms. The zero-order valence-corrected chi connectivity index (χ0v) is 15.6. The van der Waals surface area contributed by atoms with Crippen molar-refractivity contribution in [2.75, 3.05) is 18.0 Å². The van der Waals surface area contributed by atoms with Gasteiger partial charge in [0.2, 0.25) is 0 Å². The van der Waals surface area contributed by atoms with Crippen LogP contribution in [0, 0.1) is 12.8 Å². The molecule has 1 atom stereocenters. The second-order valence-corrected chi connectivity index (χ2v) is 7.75. The summed E-state index contributed by atoms with van der Waals surface area (Å²) in [4.78, 5) is 23.2. The van der Waals surface area contributed by atoms with Crippen LogP contribution < -0.4 is 10.2 Å². The number of aromatic nitrogens is 5. The first kappa shape index (κ1) is 16.6. The maximum Gasteiger partial charge on any atom is 0.182 e. The van der Waals surface area contributed by atoms with Gasteiger partial charge in [0.25, 0.3) is 0 Å². The Labute approximate surface area is 158 Å². The highest BCUT2D eigenvalue weighted by molar-refractivity contribution is 5.82. The third kappa shape index (κ3) is 3.27. The van der Waals surface area contributed by atoms with Crippen LogP contribution in [0.2, 0.25) is 0 Å². The van der Waals surface area contributed by atoms with Crippen molar-refractivity contribution in [1.29, 1.82) is 0 Å². The summed E-state index contributed by atoms with van der Waals surface area (Å²) in [7, 11) is 0. The van der Waals surface area contributed by atoms with Crippen molar-refractivity contribution in [3.63, 3.8) is 0 Å². The second-order valence-electron chi connectivity index (χ2n) is 7.75. The molecule has 2 fully saturated rings. The average molecular weight is 363 g/mol. The zero-order chi connectivity index (χ0) is 18.2. The van der Waals surface area contributed by atoms with Gasteiger partial charge in [0.1, 0.15) is 11.8 Å². The Morgan fingerprint density at radius 3 is 2.74 bits per heavy atom. The SMILES string of the molecule is Cc1cccnc1[C@@H](NC1CCN(c2ncnc3nc[nH]c23)CC1)C1CC1. The van der Waals surface area contributed by atoms with Gasteiger partial charge in [-0.3, -0.25) is 4.98 Å². The molecule has 2 aliphatic rings. The van der Waals surface area contributed by atoms with Crippen molar-refractivity contribution in [2.24, 2.45) is 5.92 Å². The van der Waals surface area contributed by atoms with Crippen molar-refractivity contribution < 1.29 is 0 Å². The smallest absolute Gasteiger partial charge is 0.182 e. The first-order valence-electron chi connectivity index (χ1n) is 9.86. The average Bonchev–Trinajstić information content (AvgIpc) is 3.43. The second kappa shape index (κ2) is 6.88. The number of aromatic amines is 1. The third-order valence-electron chi connectivity index (χ3n) is 5.85. The molecule has 2 N–H and O–H groups in total. The Balaban J connectivity index is 1.28. The van der Waals surface area contributed by atoms with E-state index < -0.39 is 0 Å². The molecule has 0 spiro atoms. The molecule has 0 bridgehead atoms. The molecule has 7 nitrogen and oxygen atoms in total. The summed E-state index contributed by atoms with van der Waals surface area (Å²) in [6.07, 6.45) is 10.1. The summed E-state index contributed by atoms with van der Waals surface area (Å²) < 4.78 is 0. The van der Waals surface area contributed by atoms with Gasteiger partial charge in [-0.2, -0.15) is 0 Å². The summed E-state index contributed by atoms with van der Waals surface area (Å²) >= 11 is 0. The van der Waals surface area contributed by atoms with E-state index in [1.165, 1.54) is 24.1 Å². The molecule has 4 heterocycles. The lowest BCUT2D eigenvalue weighted by Crippen LogP contribution is -2.44. The van der Waals surface area contributed by atoms with Crippen molar-refractivity contribution in [3.05, 3.63) is 42.2 Å². The Hall–Kier alpha value is -2.54. The van der Waals surface area contributed by atoms with Gasteiger partial charge in [0.05, 0.1) is 18.1 Å². The molecule has 0 radical (unpaired) electrons. The number of nitrogens with zero attached hydrogens (tertiary/aromatic N) is 5. The van der Waals surface area contributed by atoms with E-state index >= 15 is 0 Å². The number of H-pyrrole nitrogens is 1. The highest BCUT2D eigenvalue weighted by Gasteiger charge is 2.36.